The molecule has 0 unspecified atom stereocenters. The Balaban J connectivity index is 1.54. The highest BCUT2D eigenvalue weighted by Crippen LogP contribution is 2.37. The van der Waals surface area contributed by atoms with Gasteiger partial charge in [-0.05, 0) is 47.5 Å². The van der Waals surface area contributed by atoms with E-state index in [0.29, 0.717) is 44.2 Å². The van der Waals surface area contributed by atoms with E-state index in [1.54, 1.807) is 7.11 Å². The zero-order chi connectivity index (χ0) is 20.3. The fourth-order valence-electron chi connectivity index (χ4n) is 3.73. The molecule has 1 saturated heterocycles. The molecule has 0 saturated carbocycles. The van der Waals surface area contributed by atoms with E-state index < -0.39 is 5.60 Å². The lowest BCUT2D eigenvalue weighted by atomic mass is 9.86. The van der Waals surface area contributed by atoms with Crippen LogP contribution in [0.5, 0.6) is 5.75 Å². The van der Waals surface area contributed by atoms with Crippen molar-refractivity contribution in [2.75, 3.05) is 25.7 Å². The molecule has 152 valence electrons. The van der Waals surface area contributed by atoms with Crippen molar-refractivity contribution in [1.82, 2.24) is 4.98 Å². The summed E-state index contributed by atoms with van der Waals surface area (Å²) >= 11 is 0. The second-order valence-corrected chi connectivity index (χ2v) is 7.14. The summed E-state index contributed by atoms with van der Waals surface area (Å²) in [5.74, 6) is 6.14. The molecule has 29 heavy (non-hydrogen) atoms. The second kappa shape index (κ2) is 8.32. The smallest absolute Gasteiger partial charge is 0.140 e. The predicted octanol–water partition coefficient (Wildman–Crippen LogP) is 3.89. The van der Waals surface area contributed by atoms with Gasteiger partial charge in [0.15, 0.2) is 0 Å². The van der Waals surface area contributed by atoms with Crippen LogP contribution in [0.4, 0.5) is 10.2 Å². The Morgan fingerprint density at radius 3 is 2.72 bits per heavy atom. The minimum atomic E-state index is -0.540. The number of hydrogen-bond acceptors (Lipinski definition) is 6. The Bertz CT molecular complexity index is 1010. The minimum absolute atomic E-state index is 0.318. The first-order chi connectivity index (χ1) is 14.1. The molecule has 1 fully saturated rings. The molecule has 7 heteroatoms. The van der Waals surface area contributed by atoms with Crippen molar-refractivity contribution in [3.05, 3.63) is 65.5 Å². The van der Waals surface area contributed by atoms with Gasteiger partial charge in [0.05, 0.1) is 11.1 Å². The molecule has 0 bridgehead atoms. The topological polar surface area (TPSA) is 78.6 Å². The molecule has 2 heterocycles. The van der Waals surface area contributed by atoms with E-state index in [-0.39, 0.29) is 5.82 Å². The van der Waals surface area contributed by atoms with Crippen LogP contribution in [0.25, 0.3) is 10.9 Å². The summed E-state index contributed by atoms with van der Waals surface area (Å²) in [5.41, 5.74) is 4.57. The highest BCUT2D eigenvalue weighted by Gasteiger charge is 2.35. The number of nitrogens with one attached hydrogen (secondary N) is 1. The third-order valence-electron chi connectivity index (χ3n) is 5.40. The number of halogens is 1. The first kappa shape index (κ1) is 19.6. The molecule has 4 rings (SSSR count). The zero-order valence-electron chi connectivity index (χ0n) is 16.3. The summed E-state index contributed by atoms with van der Waals surface area (Å²) in [7, 11) is 1.66. The summed E-state index contributed by atoms with van der Waals surface area (Å²) in [6.07, 6.45) is 1.37. The molecular formula is C22H24FN3O3. The average Bonchev–Trinajstić information content (AvgIpc) is 2.77. The van der Waals surface area contributed by atoms with Crippen LogP contribution in [0.1, 0.15) is 24.0 Å². The van der Waals surface area contributed by atoms with E-state index >= 15 is 0 Å². The largest absolute Gasteiger partial charge is 0.489 e. The van der Waals surface area contributed by atoms with Crippen molar-refractivity contribution >= 4 is 16.7 Å². The Morgan fingerprint density at radius 1 is 1.14 bits per heavy atom. The molecule has 1 aromatic heterocycles. The normalized spacial score (nSPS) is 16.0. The molecule has 0 radical (unpaired) electrons. The number of nitrogen functional groups attached to an aromatic ring is 1. The van der Waals surface area contributed by atoms with Gasteiger partial charge in [-0.15, -0.1) is 0 Å². The van der Waals surface area contributed by atoms with Gasteiger partial charge in [-0.25, -0.2) is 15.2 Å². The van der Waals surface area contributed by atoms with Crippen LogP contribution in [-0.4, -0.2) is 25.3 Å². The Labute approximate surface area is 168 Å². The second-order valence-electron chi connectivity index (χ2n) is 7.14. The van der Waals surface area contributed by atoms with Crippen LogP contribution in [0.3, 0.4) is 0 Å². The number of rotatable bonds is 6. The van der Waals surface area contributed by atoms with E-state index in [2.05, 4.69) is 10.4 Å². The van der Waals surface area contributed by atoms with E-state index in [9.17, 15) is 4.39 Å². The first-order valence-corrected chi connectivity index (χ1v) is 9.55. The highest BCUT2D eigenvalue weighted by molar-refractivity contribution is 5.80. The molecule has 1 aliphatic heterocycles. The average molecular weight is 397 g/mol. The van der Waals surface area contributed by atoms with Gasteiger partial charge in [-0.1, -0.05) is 6.07 Å². The standard InChI is InChI=1S/C22H24FN3O3/c1-27-22(6-8-28-9-7-22)17-11-18(23)13-19(12-17)29-14-15-2-4-20-16(10-15)3-5-21(25-20)26-24/h2-5,10-13H,6-9,14,24H2,1H3,(H,25,26). The van der Waals surface area contributed by atoms with Crippen molar-refractivity contribution < 1.29 is 18.6 Å². The molecule has 0 aliphatic carbocycles. The molecule has 0 atom stereocenters. The molecule has 3 aromatic rings. The van der Waals surface area contributed by atoms with Gasteiger partial charge in [0.2, 0.25) is 0 Å². The highest BCUT2D eigenvalue weighted by atomic mass is 19.1. The summed E-state index contributed by atoms with van der Waals surface area (Å²) in [6, 6.07) is 14.4. The predicted molar refractivity (Wildman–Crippen MR) is 109 cm³/mol. The fourth-order valence-corrected chi connectivity index (χ4v) is 3.73. The summed E-state index contributed by atoms with van der Waals surface area (Å²) in [5, 5.41) is 0.977. The van der Waals surface area contributed by atoms with Crippen molar-refractivity contribution in [2.45, 2.75) is 25.0 Å². The first-order valence-electron chi connectivity index (χ1n) is 9.55. The molecule has 6 nitrogen and oxygen atoms in total. The Morgan fingerprint density at radius 2 is 1.97 bits per heavy atom. The maximum atomic E-state index is 14.3. The SMILES string of the molecule is COC1(c2cc(F)cc(OCc3ccc4nc(NN)ccc4c3)c2)CCOCC1. The van der Waals surface area contributed by atoms with E-state index in [4.69, 9.17) is 20.1 Å². The van der Waals surface area contributed by atoms with Crippen LogP contribution < -0.4 is 16.0 Å². The van der Waals surface area contributed by atoms with Crippen LogP contribution >= 0.6 is 0 Å². The van der Waals surface area contributed by atoms with Gasteiger partial charge < -0.3 is 19.6 Å². The van der Waals surface area contributed by atoms with Crippen LogP contribution in [0, 0.1) is 5.82 Å². The molecule has 0 amide bonds. The quantitative estimate of drug-likeness (QED) is 0.485. The number of nitrogens with zero attached hydrogens (tertiary/aromatic N) is 1. The van der Waals surface area contributed by atoms with E-state index in [0.717, 1.165) is 22.0 Å². The number of anilines is 1. The van der Waals surface area contributed by atoms with Gasteiger partial charge in [0.1, 0.15) is 24.0 Å². The van der Waals surface area contributed by atoms with Crippen LogP contribution in [0.15, 0.2) is 48.5 Å². The number of hydrogen-bond donors (Lipinski definition) is 2. The number of methoxy groups -OCH3 is 1. The molecule has 0 spiro atoms. The minimum Gasteiger partial charge on any atom is -0.489 e. The molecule has 2 aromatic carbocycles. The number of fused-ring (bicyclic) bond motifs is 1. The summed E-state index contributed by atoms with van der Waals surface area (Å²) in [4.78, 5) is 4.39. The third-order valence-corrected chi connectivity index (χ3v) is 5.40. The maximum Gasteiger partial charge on any atom is 0.140 e. The van der Waals surface area contributed by atoms with Gasteiger partial charge in [-0.2, -0.15) is 0 Å². The Kier molecular flexibility index (Phi) is 5.62. The lowest BCUT2D eigenvalue weighted by Gasteiger charge is -2.36. The van der Waals surface area contributed by atoms with Crippen LogP contribution in [0.2, 0.25) is 0 Å². The molecular weight excluding hydrogens is 373 g/mol. The number of pyridine rings is 1. The van der Waals surface area contributed by atoms with Crippen LogP contribution in [-0.2, 0) is 21.7 Å². The number of benzene rings is 2. The number of aromatic nitrogens is 1. The Hall–Kier alpha value is -2.74. The maximum absolute atomic E-state index is 14.3. The monoisotopic (exact) mass is 397 g/mol. The van der Waals surface area contributed by atoms with E-state index in [1.165, 1.54) is 12.1 Å². The zero-order valence-corrected chi connectivity index (χ0v) is 16.3. The van der Waals surface area contributed by atoms with Crippen molar-refractivity contribution in [1.29, 1.82) is 0 Å². The number of nitrogens with two attached hydrogens (primary N) is 1. The molecule has 1 aliphatic rings. The van der Waals surface area contributed by atoms with Gasteiger partial charge in [0.25, 0.3) is 0 Å². The van der Waals surface area contributed by atoms with Gasteiger partial charge in [0, 0.05) is 44.6 Å². The van der Waals surface area contributed by atoms with E-state index in [1.807, 2.05) is 36.4 Å². The van der Waals surface area contributed by atoms with Gasteiger partial charge >= 0.3 is 0 Å². The number of ether oxygens (including phenoxy) is 3. The lowest BCUT2D eigenvalue weighted by molar-refractivity contribution is -0.0950. The third kappa shape index (κ3) is 4.17. The summed E-state index contributed by atoms with van der Waals surface area (Å²) in [6.45, 7) is 1.50. The van der Waals surface area contributed by atoms with Gasteiger partial charge in [-0.3, -0.25) is 0 Å². The number of hydrazine groups is 1. The van der Waals surface area contributed by atoms with Crippen molar-refractivity contribution in [2.24, 2.45) is 5.84 Å². The molecule has 3 N–H and O–H groups in total. The lowest BCUT2D eigenvalue weighted by Crippen LogP contribution is -2.35. The van der Waals surface area contributed by atoms with Crippen molar-refractivity contribution in [3.63, 3.8) is 0 Å². The fraction of sp³-hybridized carbons (Fsp3) is 0.318. The summed E-state index contributed by atoms with van der Waals surface area (Å²) < 4.78 is 31.4. The van der Waals surface area contributed by atoms with Crippen molar-refractivity contribution in [3.8, 4) is 5.75 Å².